The van der Waals surface area contributed by atoms with Crippen molar-refractivity contribution >= 4 is 24.7 Å². The van der Waals surface area contributed by atoms with Gasteiger partial charge in [-0.1, -0.05) is 24.3 Å². The van der Waals surface area contributed by atoms with Crippen LogP contribution in [0.15, 0.2) is 53.6 Å². The number of alkyl halides is 3. The maximum Gasteiger partial charge on any atom is 0.451 e. The minimum absolute atomic E-state index is 0.0367. The Kier molecular flexibility index (Phi) is 5.90. The highest BCUT2D eigenvalue weighted by Crippen LogP contribution is 2.40. The van der Waals surface area contributed by atoms with E-state index in [4.69, 9.17) is 5.53 Å². The van der Waals surface area contributed by atoms with Crippen LogP contribution in [0, 0.1) is 5.82 Å². The number of nitrogens with zero attached hydrogens (tertiary/aromatic N) is 5. The van der Waals surface area contributed by atoms with E-state index in [1.54, 1.807) is 0 Å². The molecule has 1 aromatic heterocycles. The first-order valence-electron chi connectivity index (χ1n) is 8.01. The summed E-state index contributed by atoms with van der Waals surface area (Å²) in [6.07, 6.45) is -4.93. The van der Waals surface area contributed by atoms with Gasteiger partial charge < -0.3 is 4.18 Å². The monoisotopic (exact) mass is 435 g/mol. The molecule has 0 aliphatic carbocycles. The fourth-order valence-corrected chi connectivity index (χ4v) is 2.70. The van der Waals surface area contributed by atoms with Gasteiger partial charge in [-0.05, 0) is 40.5 Å². The second-order valence-electron chi connectivity index (χ2n) is 5.74. The Morgan fingerprint density at radius 2 is 1.63 bits per heavy atom. The van der Waals surface area contributed by atoms with Gasteiger partial charge in [-0.15, -0.1) is 0 Å². The molecule has 0 N–H and O–H groups in total. The minimum atomic E-state index is -4.93. The third-order valence-electron chi connectivity index (χ3n) is 3.89. The molecular weight excluding hydrogens is 426 g/mol. The average molecular weight is 435 g/mol. The van der Waals surface area contributed by atoms with Crippen LogP contribution in [0.2, 0.25) is 0 Å². The summed E-state index contributed by atoms with van der Waals surface area (Å²) in [5.74, 6) is -3.45. The molecule has 0 bridgehead atoms. The number of hydrogen-bond donors (Lipinski definition) is 1. The summed E-state index contributed by atoms with van der Waals surface area (Å²) in [6, 6.07) is 9.99. The summed E-state index contributed by atoms with van der Waals surface area (Å²) >= 11 is 3.40. The van der Waals surface area contributed by atoms with Crippen LogP contribution in [-0.2, 0) is 10.4 Å². The highest BCUT2D eigenvalue weighted by Gasteiger charge is 2.36. The van der Waals surface area contributed by atoms with E-state index in [1.165, 1.54) is 36.4 Å². The molecule has 0 aliphatic rings. The lowest BCUT2D eigenvalue weighted by Crippen LogP contribution is -2.12. The molecular formula is C18H9F4N5O2S. The molecule has 0 spiro atoms. The summed E-state index contributed by atoms with van der Waals surface area (Å²) in [7, 11) is 0. The molecule has 0 aliphatic heterocycles. The smallest absolute Gasteiger partial charge is 0.391 e. The van der Waals surface area contributed by atoms with Gasteiger partial charge in [-0.2, -0.15) is 13.2 Å². The minimum Gasteiger partial charge on any atom is -0.391 e. The van der Waals surface area contributed by atoms with E-state index in [-0.39, 0.29) is 27.9 Å². The van der Waals surface area contributed by atoms with Crippen LogP contribution in [0.1, 0.15) is 16.2 Å². The van der Waals surface area contributed by atoms with Crippen molar-refractivity contribution in [1.82, 2.24) is 9.97 Å². The third-order valence-corrected chi connectivity index (χ3v) is 4.06. The van der Waals surface area contributed by atoms with E-state index >= 15 is 0 Å². The number of halogens is 4. The number of carbonyl (C=O) groups is 1. The highest BCUT2D eigenvalue weighted by molar-refractivity contribution is 7.75. The Morgan fingerprint density at radius 1 is 1.03 bits per heavy atom. The van der Waals surface area contributed by atoms with Crippen molar-refractivity contribution in [2.75, 3.05) is 0 Å². The van der Waals surface area contributed by atoms with E-state index in [0.717, 1.165) is 12.1 Å². The van der Waals surface area contributed by atoms with Gasteiger partial charge in [0, 0.05) is 28.9 Å². The van der Waals surface area contributed by atoms with Gasteiger partial charge in [0.2, 0.25) is 5.82 Å². The standard InChI is InChI=1S/C18H9F4N5O2S/c19-12-7-5-9(6-8-12)13-14(10-1-3-11(4-2-10)16(28)29-30)24-17(18(20,21)22)25-15(13)26-27-23/h1-8,30H. The molecule has 0 fully saturated rings. The molecule has 3 rings (SSSR count). The van der Waals surface area contributed by atoms with Gasteiger partial charge in [-0.25, -0.2) is 19.2 Å². The maximum atomic E-state index is 13.3. The summed E-state index contributed by atoms with van der Waals surface area (Å²) in [4.78, 5) is 21.0. The zero-order chi connectivity index (χ0) is 21.9. The molecule has 0 atom stereocenters. The molecule has 30 heavy (non-hydrogen) atoms. The number of thiol groups is 1. The Morgan fingerprint density at radius 3 is 2.17 bits per heavy atom. The highest BCUT2D eigenvalue weighted by atomic mass is 32.1. The molecule has 0 saturated carbocycles. The summed E-state index contributed by atoms with van der Waals surface area (Å²) in [5, 5.41) is 3.28. The Labute approximate surface area is 171 Å². The van der Waals surface area contributed by atoms with Crippen molar-refractivity contribution in [3.63, 3.8) is 0 Å². The predicted molar refractivity (Wildman–Crippen MR) is 101 cm³/mol. The molecule has 0 saturated heterocycles. The van der Waals surface area contributed by atoms with Crippen molar-refractivity contribution in [1.29, 1.82) is 0 Å². The Balaban J connectivity index is 2.32. The number of carbonyl (C=O) groups excluding carboxylic acids is 1. The van der Waals surface area contributed by atoms with Gasteiger partial charge >= 0.3 is 12.1 Å². The van der Waals surface area contributed by atoms with Crippen LogP contribution in [0.4, 0.5) is 23.4 Å². The lowest BCUT2D eigenvalue weighted by Gasteiger charge is -2.15. The van der Waals surface area contributed by atoms with Crippen molar-refractivity contribution in [3.8, 4) is 22.4 Å². The van der Waals surface area contributed by atoms with E-state index in [0.29, 0.717) is 0 Å². The first kappa shape index (κ1) is 21.1. The summed E-state index contributed by atoms with van der Waals surface area (Å²) in [5.41, 5.74) is 9.03. The van der Waals surface area contributed by atoms with E-state index < -0.39 is 29.6 Å². The van der Waals surface area contributed by atoms with E-state index in [9.17, 15) is 22.4 Å². The number of rotatable bonds is 4. The van der Waals surface area contributed by atoms with Crippen LogP contribution in [0.3, 0.4) is 0 Å². The van der Waals surface area contributed by atoms with Crippen LogP contribution in [-0.4, -0.2) is 15.9 Å². The van der Waals surface area contributed by atoms with Gasteiger partial charge in [-0.3, -0.25) is 0 Å². The van der Waals surface area contributed by atoms with Gasteiger partial charge in [0.05, 0.1) is 11.3 Å². The van der Waals surface area contributed by atoms with Crippen molar-refractivity contribution < 1.29 is 26.5 Å². The van der Waals surface area contributed by atoms with Crippen molar-refractivity contribution in [2.24, 2.45) is 5.11 Å². The van der Waals surface area contributed by atoms with Gasteiger partial charge in [0.15, 0.2) is 0 Å². The number of azide groups is 1. The number of benzene rings is 2. The maximum absolute atomic E-state index is 13.3. The summed E-state index contributed by atoms with van der Waals surface area (Å²) in [6.45, 7) is 0. The number of hydrogen-bond acceptors (Lipinski definition) is 6. The van der Waals surface area contributed by atoms with Crippen LogP contribution in [0.25, 0.3) is 32.8 Å². The largest absolute Gasteiger partial charge is 0.451 e. The fourth-order valence-electron chi connectivity index (χ4n) is 2.60. The third kappa shape index (κ3) is 4.34. The van der Waals surface area contributed by atoms with Crippen LogP contribution < -0.4 is 0 Å². The van der Waals surface area contributed by atoms with Gasteiger partial charge in [0.25, 0.3) is 0 Å². The summed E-state index contributed by atoms with van der Waals surface area (Å²) < 4.78 is 57.6. The first-order chi connectivity index (χ1) is 14.2. The molecule has 0 radical (unpaired) electrons. The van der Waals surface area contributed by atoms with Gasteiger partial charge in [0.1, 0.15) is 11.6 Å². The molecule has 7 nitrogen and oxygen atoms in total. The first-order valence-corrected chi connectivity index (χ1v) is 8.37. The second-order valence-corrected chi connectivity index (χ2v) is 5.93. The van der Waals surface area contributed by atoms with Crippen LogP contribution in [0.5, 0.6) is 0 Å². The van der Waals surface area contributed by atoms with Crippen LogP contribution >= 0.6 is 12.9 Å². The lowest BCUT2D eigenvalue weighted by molar-refractivity contribution is -0.144. The zero-order valence-electron chi connectivity index (χ0n) is 14.6. The zero-order valence-corrected chi connectivity index (χ0v) is 15.5. The average Bonchev–Trinajstić information content (AvgIpc) is 2.73. The molecule has 0 unspecified atom stereocenters. The normalized spacial score (nSPS) is 11.0. The molecule has 1 heterocycles. The molecule has 152 valence electrons. The fraction of sp³-hybridized carbons (Fsp3) is 0.0556. The number of aromatic nitrogens is 2. The molecule has 0 amide bonds. The topological polar surface area (TPSA) is 101 Å². The second kappa shape index (κ2) is 8.39. The molecule has 12 heteroatoms. The SMILES string of the molecule is [N-]=[N+]=Nc1nc(C(F)(F)F)nc(-c2ccc(C(=O)OS)cc2)c1-c1ccc(F)cc1. The predicted octanol–water partition coefficient (Wildman–Crippen LogP) is 5.91. The molecule has 2 aromatic carbocycles. The Bertz CT molecular complexity index is 1140. The molecule has 3 aromatic rings. The van der Waals surface area contributed by atoms with E-state index in [1.807, 2.05) is 0 Å². The van der Waals surface area contributed by atoms with Crippen molar-refractivity contribution in [3.05, 3.63) is 76.2 Å². The quantitative estimate of drug-likeness (QED) is 0.137. The van der Waals surface area contributed by atoms with Crippen molar-refractivity contribution in [2.45, 2.75) is 6.18 Å². The lowest BCUT2D eigenvalue weighted by atomic mass is 9.98. The Hall–Kier alpha value is -3.63. The van der Waals surface area contributed by atoms with E-state index in [2.05, 4.69) is 37.1 Å².